The number of nitrogens with one attached hydrogen (secondary N) is 2. The number of benzene rings is 2. The minimum Gasteiger partial charge on any atom is -0.354 e. The van der Waals surface area contributed by atoms with Gasteiger partial charge in [0, 0.05) is 24.3 Å². The SMILES string of the molecule is O=C(Cn1c(=O)c(NS(=O)(=O)Cc2ccccc2)cc2ccccc21)NCCc1cccnc1. The lowest BCUT2D eigenvalue weighted by Gasteiger charge is -2.14. The minimum absolute atomic E-state index is 0.0993. The van der Waals surface area contributed by atoms with E-state index >= 15 is 0 Å². The second-order valence-electron chi connectivity index (χ2n) is 7.82. The molecule has 0 bridgehead atoms. The molecule has 2 aromatic carbocycles. The maximum Gasteiger partial charge on any atom is 0.275 e. The molecule has 0 aliphatic heterocycles. The van der Waals surface area contributed by atoms with Gasteiger partial charge in [-0.2, -0.15) is 0 Å². The van der Waals surface area contributed by atoms with Gasteiger partial charge in [-0.1, -0.05) is 54.6 Å². The predicted octanol–water partition coefficient (Wildman–Crippen LogP) is 2.70. The molecule has 2 aromatic heterocycles. The average Bonchev–Trinajstić information content (AvgIpc) is 2.82. The van der Waals surface area contributed by atoms with Crippen molar-refractivity contribution in [1.29, 1.82) is 0 Å². The molecular weight excluding hydrogens is 452 g/mol. The van der Waals surface area contributed by atoms with E-state index in [1.165, 1.54) is 10.6 Å². The number of aromatic nitrogens is 2. The number of carbonyl (C=O) groups is 1. The molecule has 174 valence electrons. The second-order valence-corrected chi connectivity index (χ2v) is 9.54. The maximum absolute atomic E-state index is 13.2. The summed E-state index contributed by atoms with van der Waals surface area (Å²) in [7, 11) is -3.84. The van der Waals surface area contributed by atoms with E-state index in [1.54, 1.807) is 67.0 Å². The van der Waals surface area contributed by atoms with Crippen LogP contribution in [0.4, 0.5) is 5.69 Å². The molecule has 0 spiro atoms. The van der Waals surface area contributed by atoms with Crippen molar-refractivity contribution in [3.63, 3.8) is 0 Å². The lowest BCUT2D eigenvalue weighted by molar-refractivity contribution is -0.121. The molecule has 0 aliphatic carbocycles. The molecule has 0 saturated heterocycles. The van der Waals surface area contributed by atoms with Crippen molar-refractivity contribution in [2.24, 2.45) is 0 Å². The monoisotopic (exact) mass is 476 g/mol. The molecule has 0 radical (unpaired) electrons. The summed E-state index contributed by atoms with van der Waals surface area (Å²) in [4.78, 5) is 29.8. The number of hydrogen-bond acceptors (Lipinski definition) is 5. The third kappa shape index (κ3) is 5.87. The standard InChI is InChI=1S/C25H24N4O4S/c30-24(27-14-12-19-9-6-13-26-16-19)17-29-23-11-5-4-10-21(23)15-22(25(29)31)28-34(32,33)18-20-7-2-1-3-8-20/h1-11,13,15-16,28H,12,14,17-18H2,(H,27,30). The van der Waals surface area contributed by atoms with E-state index in [9.17, 15) is 18.0 Å². The van der Waals surface area contributed by atoms with Gasteiger partial charge >= 0.3 is 0 Å². The summed E-state index contributed by atoms with van der Waals surface area (Å²) < 4.78 is 29.1. The molecule has 2 heterocycles. The smallest absolute Gasteiger partial charge is 0.275 e. The quantitative estimate of drug-likeness (QED) is 0.386. The van der Waals surface area contributed by atoms with Crippen molar-refractivity contribution < 1.29 is 13.2 Å². The fourth-order valence-corrected chi connectivity index (χ4v) is 4.83. The molecule has 0 fully saturated rings. The summed E-state index contributed by atoms with van der Waals surface area (Å²) in [5.74, 6) is -0.616. The van der Waals surface area contributed by atoms with Gasteiger partial charge in [0.2, 0.25) is 15.9 Å². The van der Waals surface area contributed by atoms with Crippen molar-refractivity contribution in [2.75, 3.05) is 11.3 Å². The number of sulfonamides is 1. The Hall–Kier alpha value is -3.98. The number of hydrogen-bond donors (Lipinski definition) is 2. The molecule has 0 aliphatic rings. The average molecular weight is 477 g/mol. The molecule has 4 rings (SSSR count). The van der Waals surface area contributed by atoms with Gasteiger partial charge in [-0.25, -0.2) is 8.42 Å². The number of amides is 1. The highest BCUT2D eigenvalue weighted by Gasteiger charge is 2.17. The van der Waals surface area contributed by atoms with Gasteiger partial charge in [0.1, 0.15) is 12.2 Å². The van der Waals surface area contributed by atoms with E-state index in [4.69, 9.17) is 0 Å². The van der Waals surface area contributed by atoms with Crippen LogP contribution in [-0.4, -0.2) is 30.4 Å². The largest absolute Gasteiger partial charge is 0.354 e. The number of rotatable bonds is 9. The Balaban J connectivity index is 1.55. The fraction of sp³-hybridized carbons (Fsp3) is 0.160. The van der Waals surface area contributed by atoms with Crippen LogP contribution in [0, 0.1) is 0 Å². The molecular formula is C25H24N4O4S. The molecule has 8 nitrogen and oxygen atoms in total. The van der Waals surface area contributed by atoms with Crippen LogP contribution in [0.3, 0.4) is 0 Å². The van der Waals surface area contributed by atoms with Crippen molar-refractivity contribution in [2.45, 2.75) is 18.7 Å². The zero-order valence-electron chi connectivity index (χ0n) is 18.3. The Morgan fingerprint density at radius 1 is 0.941 bits per heavy atom. The summed E-state index contributed by atoms with van der Waals surface area (Å²) in [5, 5.41) is 3.45. The first-order valence-corrected chi connectivity index (χ1v) is 12.4. The summed E-state index contributed by atoms with van der Waals surface area (Å²) in [5.41, 5.74) is 1.45. The number of carbonyl (C=O) groups excluding carboxylic acids is 1. The number of fused-ring (bicyclic) bond motifs is 1. The van der Waals surface area contributed by atoms with E-state index < -0.39 is 15.6 Å². The van der Waals surface area contributed by atoms with E-state index in [0.717, 1.165) is 5.56 Å². The van der Waals surface area contributed by atoms with Gasteiger partial charge < -0.3 is 5.32 Å². The number of pyridine rings is 2. The Labute approximate surface area is 197 Å². The lowest BCUT2D eigenvalue weighted by Crippen LogP contribution is -2.34. The molecule has 0 atom stereocenters. The van der Waals surface area contributed by atoms with Crippen LogP contribution in [0.5, 0.6) is 0 Å². The van der Waals surface area contributed by atoms with Gasteiger partial charge in [0.15, 0.2) is 0 Å². The van der Waals surface area contributed by atoms with Crippen molar-refractivity contribution in [3.8, 4) is 0 Å². The summed E-state index contributed by atoms with van der Waals surface area (Å²) >= 11 is 0. The van der Waals surface area contributed by atoms with Crippen LogP contribution >= 0.6 is 0 Å². The van der Waals surface area contributed by atoms with Gasteiger partial charge in [-0.15, -0.1) is 0 Å². The van der Waals surface area contributed by atoms with Gasteiger partial charge in [0.25, 0.3) is 5.56 Å². The Morgan fingerprint density at radius 3 is 2.44 bits per heavy atom. The Bertz CT molecular complexity index is 1450. The van der Waals surface area contributed by atoms with Crippen LogP contribution in [-0.2, 0) is 33.5 Å². The summed E-state index contributed by atoms with van der Waals surface area (Å²) in [6, 6.07) is 21.0. The predicted molar refractivity (Wildman–Crippen MR) is 132 cm³/mol. The maximum atomic E-state index is 13.2. The molecule has 4 aromatic rings. The van der Waals surface area contributed by atoms with Crippen LogP contribution in [0.1, 0.15) is 11.1 Å². The highest BCUT2D eigenvalue weighted by molar-refractivity contribution is 7.91. The minimum atomic E-state index is -3.84. The molecule has 34 heavy (non-hydrogen) atoms. The lowest BCUT2D eigenvalue weighted by atomic mass is 10.2. The van der Waals surface area contributed by atoms with Crippen LogP contribution in [0.25, 0.3) is 10.9 Å². The van der Waals surface area contributed by atoms with E-state index in [2.05, 4.69) is 15.0 Å². The fourth-order valence-electron chi connectivity index (χ4n) is 3.65. The van der Waals surface area contributed by atoms with Crippen molar-refractivity contribution >= 4 is 32.5 Å². The third-order valence-electron chi connectivity index (χ3n) is 5.23. The molecule has 0 saturated carbocycles. The molecule has 9 heteroatoms. The molecule has 1 amide bonds. The zero-order valence-corrected chi connectivity index (χ0v) is 19.2. The highest BCUT2D eigenvalue weighted by Crippen LogP contribution is 2.18. The van der Waals surface area contributed by atoms with Crippen LogP contribution < -0.4 is 15.6 Å². The van der Waals surface area contributed by atoms with E-state index in [-0.39, 0.29) is 23.9 Å². The van der Waals surface area contributed by atoms with Gasteiger partial charge in [-0.05, 0) is 35.7 Å². The van der Waals surface area contributed by atoms with Crippen LogP contribution in [0.2, 0.25) is 0 Å². The molecule has 2 N–H and O–H groups in total. The van der Waals surface area contributed by atoms with Gasteiger partial charge in [-0.3, -0.25) is 23.9 Å². The molecule has 0 unspecified atom stereocenters. The van der Waals surface area contributed by atoms with Crippen molar-refractivity contribution in [3.05, 3.63) is 107 Å². The highest BCUT2D eigenvalue weighted by atomic mass is 32.2. The first-order chi connectivity index (χ1) is 16.4. The summed E-state index contributed by atoms with van der Waals surface area (Å²) in [6.45, 7) is 0.154. The van der Waals surface area contributed by atoms with E-state index in [1.807, 2.05) is 12.1 Å². The van der Waals surface area contributed by atoms with Crippen LogP contribution in [0.15, 0.2) is 90.0 Å². The first kappa shape index (κ1) is 23.2. The Kier molecular flexibility index (Phi) is 7.03. The summed E-state index contributed by atoms with van der Waals surface area (Å²) in [6.07, 6.45) is 4.02. The van der Waals surface area contributed by atoms with E-state index in [0.29, 0.717) is 29.4 Å². The number of anilines is 1. The van der Waals surface area contributed by atoms with Crippen molar-refractivity contribution in [1.82, 2.24) is 14.9 Å². The normalized spacial score (nSPS) is 11.3. The first-order valence-electron chi connectivity index (χ1n) is 10.7. The third-order valence-corrected chi connectivity index (χ3v) is 6.47. The topological polar surface area (TPSA) is 110 Å². The number of nitrogens with zero attached hydrogens (tertiary/aromatic N) is 2. The second kappa shape index (κ2) is 10.3. The Morgan fingerprint density at radius 2 is 1.68 bits per heavy atom. The number of para-hydroxylation sites is 1. The van der Waals surface area contributed by atoms with Gasteiger partial charge in [0.05, 0.1) is 11.3 Å². The zero-order chi connectivity index (χ0) is 24.0.